The van der Waals surface area contributed by atoms with E-state index in [0.29, 0.717) is 5.56 Å². The van der Waals surface area contributed by atoms with Crippen LogP contribution in [0.15, 0.2) is 78.9 Å². The molecule has 0 atom stereocenters. The molecule has 1 N–H and O–H groups in total. The number of carboxylic acid groups (broad SMARTS) is 1. The van der Waals surface area contributed by atoms with Crippen molar-refractivity contribution in [3.63, 3.8) is 0 Å². The molecule has 0 amide bonds. The molecule has 0 aromatic heterocycles. The Hall–Kier alpha value is -3.31. The van der Waals surface area contributed by atoms with Crippen molar-refractivity contribution in [1.29, 1.82) is 0 Å². The first-order valence-corrected chi connectivity index (χ1v) is 10.3. The van der Waals surface area contributed by atoms with Crippen LogP contribution in [0.3, 0.4) is 0 Å². The van der Waals surface area contributed by atoms with Gasteiger partial charge in [-0.05, 0) is 60.5 Å². The van der Waals surface area contributed by atoms with E-state index in [4.69, 9.17) is 9.84 Å². The van der Waals surface area contributed by atoms with Gasteiger partial charge >= 0.3 is 5.97 Å². The lowest BCUT2D eigenvalue weighted by Crippen LogP contribution is -2.46. The van der Waals surface area contributed by atoms with Crippen LogP contribution in [0, 0.1) is 0 Å². The highest BCUT2D eigenvalue weighted by molar-refractivity contribution is 5.87. The van der Waals surface area contributed by atoms with E-state index >= 15 is 0 Å². The molecule has 1 saturated heterocycles. The molecule has 0 radical (unpaired) electrons. The number of anilines is 1. The average molecular weight is 402 g/mol. The van der Waals surface area contributed by atoms with Crippen molar-refractivity contribution in [2.45, 2.75) is 6.42 Å². The second-order valence-electron chi connectivity index (χ2n) is 7.49. The SMILES string of the molecule is O=C(O)c1ccc(CCN2CCN(c3ccc(Oc4ccccc4)cc3)CC2)cc1. The molecular weight excluding hydrogens is 376 g/mol. The number of aromatic carboxylic acids is 1. The van der Waals surface area contributed by atoms with Crippen LogP contribution >= 0.6 is 0 Å². The summed E-state index contributed by atoms with van der Waals surface area (Å²) < 4.78 is 5.87. The number of piperazine rings is 1. The predicted octanol–water partition coefficient (Wildman–Crippen LogP) is 4.54. The van der Waals surface area contributed by atoms with Crippen molar-refractivity contribution in [2.24, 2.45) is 0 Å². The maximum absolute atomic E-state index is 10.9. The van der Waals surface area contributed by atoms with Crippen LogP contribution in [-0.4, -0.2) is 48.7 Å². The monoisotopic (exact) mass is 402 g/mol. The van der Waals surface area contributed by atoms with E-state index < -0.39 is 5.97 Å². The molecule has 5 nitrogen and oxygen atoms in total. The van der Waals surface area contributed by atoms with Gasteiger partial charge in [-0.2, -0.15) is 0 Å². The first-order valence-electron chi connectivity index (χ1n) is 10.3. The van der Waals surface area contributed by atoms with E-state index in [1.165, 1.54) is 11.3 Å². The summed E-state index contributed by atoms with van der Waals surface area (Å²) in [5.41, 5.74) is 2.74. The van der Waals surface area contributed by atoms with E-state index in [-0.39, 0.29) is 0 Å². The zero-order valence-electron chi connectivity index (χ0n) is 16.9. The summed E-state index contributed by atoms with van der Waals surface area (Å²) in [5.74, 6) is 0.811. The number of hydrogen-bond donors (Lipinski definition) is 1. The minimum atomic E-state index is -0.877. The molecule has 1 aliphatic heterocycles. The van der Waals surface area contributed by atoms with Crippen LogP contribution in [0.4, 0.5) is 5.69 Å². The van der Waals surface area contributed by atoms with E-state index in [0.717, 1.165) is 50.6 Å². The summed E-state index contributed by atoms with van der Waals surface area (Å²) in [4.78, 5) is 15.8. The number of nitrogens with zero attached hydrogens (tertiary/aromatic N) is 2. The fraction of sp³-hybridized carbons (Fsp3) is 0.240. The highest BCUT2D eigenvalue weighted by Gasteiger charge is 2.17. The van der Waals surface area contributed by atoms with Gasteiger partial charge < -0.3 is 14.7 Å². The molecule has 1 fully saturated rings. The van der Waals surface area contributed by atoms with Crippen molar-refractivity contribution in [3.05, 3.63) is 90.0 Å². The Bertz CT molecular complexity index is 948. The van der Waals surface area contributed by atoms with Gasteiger partial charge in [0.15, 0.2) is 0 Å². The largest absolute Gasteiger partial charge is 0.478 e. The Morgan fingerprint density at radius 1 is 0.800 bits per heavy atom. The van der Waals surface area contributed by atoms with Crippen molar-refractivity contribution < 1.29 is 14.6 Å². The number of para-hydroxylation sites is 1. The van der Waals surface area contributed by atoms with Crippen LogP contribution in [0.5, 0.6) is 11.5 Å². The lowest BCUT2D eigenvalue weighted by molar-refractivity contribution is 0.0697. The third-order valence-electron chi connectivity index (χ3n) is 5.47. The minimum Gasteiger partial charge on any atom is -0.478 e. The summed E-state index contributed by atoms with van der Waals surface area (Å²) in [6.45, 7) is 5.03. The predicted molar refractivity (Wildman–Crippen MR) is 119 cm³/mol. The molecule has 1 aliphatic rings. The number of benzene rings is 3. The molecule has 5 heteroatoms. The average Bonchev–Trinajstić information content (AvgIpc) is 2.79. The molecule has 154 valence electrons. The fourth-order valence-corrected chi connectivity index (χ4v) is 3.68. The maximum Gasteiger partial charge on any atom is 0.335 e. The molecule has 30 heavy (non-hydrogen) atoms. The van der Waals surface area contributed by atoms with E-state index in [1.54, 1.807) is 12.1 Å². The van der Waals surface area contributed by atoms with Crippen LogP contribution in [0.25, 0.3) is 0 Å². The van der Waals surface area contributed by atoms with Crippen LogP contribution in [-0.2, 0) is 6.42 Å². The van der Waals surface area contributed by atoms with Crippen molar-refractivity contribution in [1.82, 2.24) is 4.90 Å². The summed E-state index contributed by atoms with van der Waals surface area (Å²) in [7, 11) is 0. The zero-order chi connectivity index (χ0) is 20.8. The third-order valence-corrected chi connectivity index (χ3v) is 5.47. The summed E-state index contributed by atoms with van der Waals surface area (Å²) in [5, 5.41) is 8.99. The van der Waals surface area contributed by atoms with Crippen LogP contribution in [0.1, 0.15) is 15.9 Å². The third kappa shape index (κ3) is 5.19. The van der Waals surface area contributed by atoms with Crippen molar-refractivity contribution >= 4 is 11.7 Å². The quantitative estimate of drug-likeness (QED) is 0.629. The molecule has 0 aliphatic carbocycles. The number of hydrogen-bond acceptors (Lipinski definition) is 4. The number of carbonyl (C=O) groups is 1. The van der Waals surface area contributed by atoms with Crippen molar-refractivity contribution in [3.8, 4) is 11.5 Å². The van der Waals surface area contributed by atoms with Gasteiger partial charge in [-0.25, -0.2) is 4.79 Å². The second-order valence-corrected chi connectivity index (χ2v) is 7.49. The van der Waals surface area contributed by atoms with Crippen LogP contribution < -0.4 is 9.64 Å². The molecule has 3 aromatic rings. The van der Waals surface area contributed by atoms with Gasteiger partial charge in [0.25, 0.3) is 0 Å². The topological polar surface area (TPSA) is 53.0 Å². The zero-order valence-corrected chi connectivity index (χ0v) is 16.9. The Kier molecular flexibility index (Phi) is 6.30. The van der Waals surface area contributed by atoms with E-state index in [2.05, 4.69) is 21.9 Å². The lowest BCUT2D eigenvalue weighted by atomic mass is 10.1. The number of ether oxygens (including phenoxy) is 1. The Morgan fingerprint density at radius 3 is 2.07 bits per heavy atom. The molecule has 1 heterocycles. The summed E-state index contributed by atoms with van der Waals surface area (Å²) in [6.07, 6.45) is 0.936. The molecule has 0 spiro atoms. The maximum atomic E-state index is 10.9. The Balaban J connectivity index is 1.24. The molecule has 0 unspecified atom stereocenters. The highest BCUT2D eigenvalue weighted by Crippen LogP contribution is 2.25. The molecule has 3 aromatic carbocycles. The van der Waals surface area contributed by atoms with Gasteiger partial charge in [-0.15, -0.1) is 0 Å². The van der Waals surface area contributed by atoms with Gasteiger partial charge in [0.2, 0.25) is 0 Å². The van der Waals surface area contributed by atoms with Gasteiger partial charge in [-0.1, -0.05) is 30.3 Å². The lowest BCUT2D eigenvalue weighted by Gasteiger charge is -2.36. The molecular formula is C25H26N2O3. The number of carboxylic acids is 1. The molecule has 4 rings (SSSR count). The van der Waals surface area contributed by atoms with E-state index in [1.807, 2.05) is 54.6 Å². The Morgan fingerprint density at radius 2 is 1.43 bits per heavy atom. The van der Waals surface area contributed by atoms with Crippen molar-refractivity contribution in [2.75, 3.05) is 37.6 Å². The summed E-state index contributed by atoms with van der Waals surface area (Å²) >= 11 is 0. The van der Waals surface area contributed by atoms with Crippen LogP contribution in [0.2, 0.25) is 0 Å². The van der Waals surface area contributed by atoms with Gasteiger partial charge in [0.1, 0.15) is 11.5 Å². The first kappa shape index (κ1) is 20.0. The smallest absolute Gasteiger partial charge is 0.335 e. The normalized spacial score (nSPS) is 14.5. The number of rotatable bonds is 7. The molecule has 0 bridgehead atoms. The van der Waals surface area contributed by atoms with Gasteiger partial charge in [-0.3, -0.25) is 4.90 Å². The molecule has 0 saturated carbocycles. The van der Waals surface area contributed by atoms with E-state index in [9.17, 15) is 4.79 Å². The Labute approximate surface area is 177 Å². The first-order chi connectivity index (χ1) is 14.7. The van der Waals surface area contributed by atoms with Gasteiger partial charge in [0.05, 0.1) is 5.56 Å². The summed E-state index contributed by atoms with van der Waals surface area (Å²) in [6, 6.07) is 25.3. The minimum absolute atomic E-state index is 0.340. The fourth-order valence-electron chi connectivity index (χ4n) is 3.68. The van der Waals surface area contributed by atoms with Gasteiger partial charge in [0, 0.05) is 38.4 Å². The highest BCUT2D eigenvalue weighted by atomic mass is 16.5. The standard InChI is InChI=1S/C25H26N2O3/c28-25(29)21-8-6-20(7-9-21)14-15-26-16-18-27(19-17-26)22-10-12-24(13-11-22)30-23-4-2-1-3-5-23/h1-13H,14-19H2,(H,28,29). The second kappa shape index (κ2) is 9.46.